The predicted octanol–water partition coefficient (Wildman–Crippen LogP) is 4.85. The van der Waals surface area contributed by atoms with Crippen LogP contribution in [0.25, 0.3) is 10.9 Å². The van der Waals surface area contributed by atoms with Gasteiger partial charge in [0, 0.05) is 16.8 Å². The minimum Gasteiger partial charge on any atom is -0.493 e. The molecule has 4 rings (SSSR count). The van der Waals surface area contributed by atoms with Gasteiger partial charge in [0.1, 0.15) is 6.54 Å². The minimum atomic E-state index is -1.13. The van der Waals surface area contributed by atoms with E-state index in [1.165, 1.54) is 4.57 Å². The summed E-state index contributed by atoms with van der Waals surface area (Å²) >= 11 is 0. The van der Waals surface area contributed by atoms with Crippen LogP contribution >= 0.6 is 0 Å². The van der Waals surface area contributed by atoms with Crippen molar-refractivity contribution in [3.05, 3.63) is 83.9 Å². The molecule has 0 saturated carbocycles. The molecule has 3 N–H and O–H groups in total. The van der Waals surface area contributed by atoms with Crippen molar-refractivity contribution < 1.29 is 19.5 Å². The van der Waals surface area contributed by atoms with Crippen LogP contribution in [0.2, 0.25) is 0 Å². The second-order valence-electron chi connectivity index (χ2n) is 8.02. The Balaban J connectivity index is 1.53. The first-order valence-corrected chi connectivity index (χ1v) is 10.8. The molecule has 1 heterocycles. The first kappa shape index (κ1) is 23.4. The third-order valence-corrected chi connectivity index (χ3v) is 5.30. The molecule has 0 aliphatic rings. The van der Waals surface area contributed by atoms with Crippen molar-refractivity contribution in [3.8, 4) is 5.88 Å². The first-order valence-electron chi connectivity index (χ1n) is 10.8. The highest BCUT2D eigenvalue weighted by atomic mass is 16.3. The maximum atomic E-state index is 12.6. The number of nitrogens with zero attached hydrogens (tertiary/aromatic N) is 3. The zero-order valence-corrected chi connectivity index (χ0v) is 19.1. The topological polar surface area (TPSA) is 125 Å². The molecule has 0 spiro atoms. The van der Waals surface area contributed by atoms with Gasteiger partial charge in [0.15, 0.2) is 5.69 Å². The first-order chi connectivity index (χ1) is 16.8. The number of fused-ring (bicyclic) bond motifs is 1. The molecule has 3 aromatic carbocycles. The zero-order chi connectivity index (χ0) is 24.9. The van der Waals surface area contributed by atoms with E-state index < -0.39 is 11.8 Å². The van der Waals surface area contributed by atoms with Gasteiger partial charge in [0.25, 0.3) is 0 Å². The fourth-order valence-corrected chi connectivity index (χ4v) is 3.47. The molecule has 9 heteroatoms. The number of azo groups is 1. The summed E-state index contributed by atoms with van der Waals surface area (Å²) < 4.78 is 1.37. The van der Waals surface area contributed by atoms with Crippen LogP contribution in [0.4, 0.5) is 17.1 Å². The molecule has 0 saturated heterocycles. The monoisotopic (exact) mass is 469 g/mol. The normalized spacial score (nSPS) is 11.0. The predicted molar refractivity (Wildman–Crippen MR) is 133 cm³/mol. The van der Waals surface area contributed by atoms with Gasteiger partial charge < -0.3 is 20.3 Å². The van der Waals surface area contributed by atoms with Crippen molar-refractivity contribution >= 4 is 45.7 Å². The molecular weight excluding hydrogens is 446 g/mol. The summed E-state index contributed by atoms with van der Waals surface area (Å²) in [7, 11) is 0. The Bertz CT molecular complexity index is 1440. The van der Waals surface area contributed by atoms with Crippen molar-refractivity contribution in [1.29, 1.82) is 0 Å². The van der Waals surface area contributed by atoms with Crippen molar-refractivity contribution in [2.45, 2.75) is 20.4 Å². The summed E-state index contributed by atoms with van der Waals surface area (Å²) in [6.07, 6.45) is 0. The van der Waals surface area contributed by atoms with E-state index in [-0.39, 0.29) is 24.0 Å². The lowest BCUT2D eigenvalue weighted by atomic mass is 10.2. The molecule has 0 atom stereocenters. The van der Waals surface area contributed by atoms with Gasteiger partial charge in [-0.1, -0.05) is 53.6 Å². The Hall–Kier alpha value is -4.79. The van der Waals surface area contributed by atoms with Gasteiger partial charge in [-0.25, -0.2) is 0 Å². The number of aromatic hydroxyl groups is 1. The summed E-state index contributed by atoms with van der Waals surface area (Å²) in [4.78, 5) is 37.0. The van der Waals surface area contributed by atoms with Gasteiger partial charge in [0.05, 0.1) is 5.52 Å². The van der Waals surface area contributed by atoms with E-state index >= 15 is 0 Å². The standard InChI is InChI=1S/C26H23N5O4/c1-16-7-11-18(12-8-16)27-22(32)15-31-21-6-4-3-5-20(21)23(26(31)35)29-30-25(34)24(33)28-19-13-9-17(2)10-14-19/h3-14,35H,15H2,1-2H3,(H,27,32)(H,28,33). The van der Waals surface area contributed by atoms with Crippen LogP contribution in [-0.4, -0.2) is 27.4 Å². The number of carbonyl (C=O) groups is 3. The van der Waals surface area contributed by atoms with Gasteiger partial charge in [-0.3, -0.25) is 14.4 Å². The molecule has 35 heavy (non-hydrogen) atoms. The number of amides is 3. The molecule has 0 unspecified atom stereocenters. The van der Waals surface area contributed by atoms with Gasteiger partial charge in [-0.05, 0) is 44.2 Å². The fraction of sp³-hybridized carbons (Fsp3) is 0.115. The highest BCUT2D eigenvalue weighted by Gasteiger charge is 2.20. The summed E-state index contributed by atoms with van der Waals surface area (Å²) in [5.74, 6) is -2.79. The highest BCUT2D eigenvalue weighted by molar-refractivity contribution is 6.40. The van der Waals surface area contributed by atoms with Crippen LogP contribution in [0.3, 0.4) is 0 Å². The number of rotatable bonds is 5. The maximum absolute atomic E-state index is 12.6. The molecule has 3 amide bonds. The molecule has 0 fully saturated rings. The number of carbonyl (C=O) groups excluding carboxylic acids is 3. The van der Waals surface area contributed by atoms with Gasteiger partial charge in [0.2, 0.25) is 11.8 Å². The average molecular weight is 470 g/mol. The number of hydrogen-bond donors (Lipinski definition) is 3. The van der Waals surface area contributed by atoms with Crippen LogP contribution in [0.5, 0.6) is 5.88 Å². The summed E-state index contributed by atoms with van der Waals surface area (Å²) in [6.45, 7) is 3.65. The number of benzene rings is 3. The van der Waals surface area contributed by atoms with E-state index in [4.69, 9.17) is 0 Å². The van der Waals surface area contributed by atoms with Crippen LogP contribution in [0, 0.1) is 13.8 Å². The van der Waals surface area contributed by atoms with Crippen LogP contribution in [-0.2, 0) is 20.9 Å². The van der Waals surface area contributed by atoms with Crippen molar-refractivity contribution in [2.24, 2.45) is 10.2 Å². The molecular formula is C26H23N5O4. The number of anilines is 2. The summed E-state index contributed by atoms with van der Waals surface area (Å²) in [5, 5.41) is 23.8. The number of aromatic nitrogens is 1. The number of hydrogen-bond acceptors (Lipinski definition) is 5. The lowest BCUT2D eigenvalue weighted by Crippen LogP contribution is -2.20. The maximum Gasteiger partial charge on any atom is 0.353 e. The van der Waals surface area contributed by atoms with Crippen molar-refractivity contribution in [1.82, 2.24) is 4.57 Å². The highest BCUT2D eigenvalue weighted by Crippen LogP contribution is 2.38. The Labute approximate surface area is 201 Å². The van der Waals surface area contributed by atoms with E-state index in [0.717, 1.165) is 11.1 Å². The molecule has 9 nitrogen and oxygen atoms in total. The molecule has 1 aromatic heterocycles. The van der Waals surface area contributed by atoms with E-state index in [1.807, 2.05) is 26.0 Å². The zero-order valence-electron chi connectivity index (χ0n) is 19.1. The third kappa shape index (κ3) is 5.41. The van der Waals surface area contributed by atoms with E-state index in [2.05, 4.69) is 20.9 Å². The molecule has 176 valence electrons. The average Bonchev–Trinajstić information content (AvgIpc) is 3.11. The fourth-order valence-electron chi connectivity index (χ4n) is 3.47. The van der Waals surface area contributed by atoms with Crippen LogP contribution in [0.15, 0.2) is 83.0 Å². The molecule has 0 aliphatic carbocycles. The lowest BCUT2D eigenvalue weighted by molar-refractivity contribution is -0.134. The lowest BCUT2D eigenvalue weighted by Gasteiger charge is -2.08. The Kier molecular flexibility index (Phi) is 6.68. The van der Waals surface area contributed by atoms with E-state index in [0.29, 0.717) is 22.3 Å². The minimum absolute atomic E-state index is 0.0137. The molecule has 0 bridgehead atoms. The van der Waals surface area contributed by atoms with Gasteiger partial charge in [-0.15, -0.1) is 10.2 Å². The Morgan fingerprint density at radius 1 is 0.829 bits per heavy atom. The smallest absolute Gasteiger partial charge is 0.353 e. The third-order valence-electron chi connectivity index (χ3n) is 5.30. The van der Waals surface area contributed by atoms with Gasteiger partial charge >= 0.3 is 11.8 Å². The quantitative estimate of drug-likeness (QED) is 0.285. The van der Waals surface area contributed by atoms with E-state index in [9.17, 15) is 19.5 Å². The second-order valence-corrected chi connectivity index (χ2v) is 8.02. The molecule has 4 aromatic rings. The number of nitrogens with one attached hydrogen (secondary N) is 2. The van der Waals surface area contributed by atoms with Crippen LogP contribution < -0.4 is 10.6 Å². The molecule has 0 radical (unpaired) electrons. The number of aryl methyl sites for hydroxylation is 2. The molecule has 0 aliphatic heterocycles. The van der Waals surface area contributed by atoms with E-state index in [1.54, 1.807) is 60.7 Å². The van der Waals surface area contributed by atoms with Crippen molar-refractivity contribution in [3.63, 3.8) is 0 Å². The van der Waals surface area contributed by atoms with Crippen LogP contribution in [0.1, 0.15) is 11.1 Å². The Morgan fingerprint density at radius 3 is 2.03 bits per heavy atom. The van der Waals surface area contributed by atoms with Crippen molar-refractivity contribution in [2.75, 3.05) is 10.6 Å². The summed E-state index contributed by atoms with van der Waals surface area (Å²) in [5.41, 5.74) is 3.65. The van der Waals surface area contributed by atoms with Gasteiger partial charge in [-0.2, -0.15) is 0 Å². The Morgan fingerprint density at radius 2 is 1.40 bits per heavy atom. The number of para-hydroxylation sites is 1. The summed E-state index contributed by atoms with van der Waals surface area (Å²) in [6, 6.07) is 21.1. The second kappa shape index (κ2) is 10.0. The largest absolute Gasteiger partial charge is 0.493 e. The SMILES string of the molecule is Cc1ccc(NC(=O)Cn2c(O)c(N=NC(=O)C(=O)Nc3ccc(C)cc3)c3ccccc32)cc1.